The maximum absolute atomic E-state index is 13.3. The van der Waals surface area contributed by atoms with Gasteiger partial charge in [0.2, 0.25) is 0 Å². The molecule has 0 aliphatic heterocycles. The third kappa shape index (κ3) is 4.45. The summed E-state index contributed by atoms with van der Waals surface area (Å²) < 4.78 is 1.93. The molecule has 0 atom stereocenters. The molecule has 0 bridgehead atoms. The molecule has 0 aliphatic rings. The Hall–Kier alpha value is -2.96. The quantitative estimate of drug-likeness (QED) is 0.504. The van der Waals surface area contributed by atoms with E-state index in [2.05, 4.69) is 12.2 Å². The minimum absolute atomic E-state index is 0.00688. The van der Waals surface area contributed by atoms with E-state index in [4.69, 9.17) is 0 Å². The molecule has 0 spiro atoms. The van der Waals surface area contributed by atoms with Gasteiger partial charge in [0, 0.05) is 41.8 Å². The Bertz CT molecular complexity index is 1010. The van der Waals surface area contributed by atoms with Crippen molar-refractivity contribution in [3.63, 3.8) is 0 Å². The van der Waals surface area contributed by atoms with E-state index in [0.717, 1.165) is 24.2 Å². The molecule has 7 heteroatoms. The molecule has 30 heavy (non-hydrogen) atoms. The number of hydrogen-bond donors (Lipinski definition) is 1. The number of aromatic nitrogens is 1. The van der Waals surface area contributed by atoms with Crippen LogP contribution in [-0.4, -0.2) is 15.4 Å². The first-order valence-electron chi connectivity index (χ1n) is 10.5. The molecule has 0 radical (unpaired) electrons. The number of carbonyl (C=O) groups is 1. The van der Waals surface area contributed by atoms with Crippen molar-refractivity contribution in [2.24, 2.45) is 7.05 Å². The van der Waals surface area contributed by atoms with Crippen LogP contribution in [0.4, 0.5) is 11.4 Å². The summed E-state index contributed by atoms with van der Waals surface area (Å²) in [6.45, 7) is 9.45. The predicted octanol–water partition coefficient (Wildman–Crippen LogP) is 4.63. The summed E-state index contributed by atoms with van der Waals surface area (Å²) in [6.07, 6.45) is 3.50. The molecule has 0 fully saturated rings. The van der Waals surface area contributed by atoms with Crippen LogP contribution in [0.25, 0.3) is 0 Å². The first-order chi connectivity index (χ1) is 14.2. The van der Waals surface area contributed by atoms with Crippen molar-refractivity contribution >= 4 is 17.3 Å². The van der Waals surface area contributed by atoms with Gasteiger partial charge in [0.05, 0.1) is 4.92 Å². The van der Waals surface area contributed by atoms with Gasteiger partial charge < -0.3 is 9.88 Å². The molecule has 0 unspecified atom stereocenters. The molecule has 1 aromatic carbocycles. The number of amides is 1. The summed E-state index contributed by atoms with van der Waals surface area (Å²) in [5.74, 6) is -0.456. The zero-order valence-corrected chi connectivity index (χ0v) is 18.7. The number of carbonyl (C=O) groups excluding carboxylic acids is 1. The smallest absolute Gasteiger partial charge is 0.270 e. The lowest BCUT2D eigenvalue weighted by Gasteiger charge is -2.20. The van der Waals surface area contributed by atoms with Gasteiger partial charge in [0.25, 0.3) is 11.6 Å². The maximum atomic E-state index is 13.3. The molecule has 1 N–H and O–H groups in total. The number of nitrogens with one attached hydrogen (secondary N) is 1. The SMILES string of the molecule is CCCCc1c(C(=O)Nc2c(CC)cc([N+](=O)[O-])cc2CC)c(=O)c(C)c(C)n1C. The van der Waals surface area contributed by atoms with Crippen LogP contribution in [-0.2, 0) is 26.3 Å². The van der Waals surface area contributed by atoms with Gasteiger partial charge in [-0.1, -0.05) is 27.2 Å². The van der Waals surface area contributed by atoms with Crippen LogP contribution in [0.3, 0.4) is 0 Å². The van der Waals surface area contributed by atoms with Gasteiger partial charge >= 0.3 is 0 Å². The fourth-order valence-corrected chi connectivity index (χ4v) is 3.72. The highest BCUT2D eigenvalue weighted by molar-refractivity contribution is 6.06. The summed E-state index contributed by atoms with van der Waals surface area (Å²) in [5, 5.41) is 14.2. The van der Waals surface area contributed by atoms with Gasteiger partial charge in [0.1, 0.15) is 5.56 Å². The van der Waals surface area contributed by atoms with Crippen LogP contribution in [0.5, 0.6) is 0 Å². The van der Waals surface area contributed by atoms with Crippen LogP contribution >= 0.6 is 0 Å². The molecular weight excluding hydrogens is 382 g/mol. The van der Waals surface area contributed by atoms with E-state index in [1.807, 2.05) is 32.4 Å². The maximum Gasteiger partial charge on any atom is 0.270 e. The topological polar surface area (TPSA) is 94.2 Å². The highest BCUT2D eigenvalue weighted by Crippen LogP contribution is 2.29. The van der Waals surface area contributed by atoms with E-state index in [-0.39, 0.29) is 16.7 Å². The Morgan fingerprint density at radius 3 is 2.17 bits per heavy atom. The zero-order chi connectivity index (χ0) is 22.6. The fraction of sp³-hybridized carbons (Fsp3) is 0.478. The first-order valence-corrected chi connectivity index (χ1v) is 10.5. The normalized spacial score (nSPS) is 10.9. The van der Waals surface area contributed by atoms with Gasteiger partial charge in [-0.15, -0.1) is 0 Å². The van der Waals surface area contributed by atoms with E-state index >= 15 is 0 Å². The Morgan fingerprint density at radius 1 is 1.13 bits per heavy atom. The second-order valence-electron chi connectivity index (χ2n) is 7.58. The molecule has 0 aliphatic carbocycles. The molecule has 7 nitrogen and oxygen atoms in total. The number of benzene rings is 1. The van der Waals surface area contributed by atoms with Gasteiger partial charge in [-0.3, -0.25) is 19.7 Å². The molecule has 1 aromatic heterocycles. The van der Waals surface area contributed by atoms with Gasteiger partial charge in [-0.25, -0.2) is 0 Å². The van der Waals surface area contributed by atoms with Crippen LogP contribution in [0.2, 0.25) is 0 Å². The highest BCUT2D eigenvalue weighted by atomic mass is 16.6. The molecular formula is C23H31N3O4. The summed E-state index contributed by atoms with van der Waals surface area (Å²) >= 11 is 0. The number of rotatable bonds is 8. The monoisotopic (exact) mass is 413 g/mol. The van der Waals surface area contributed by atoms with E-state index in [9.17, 15) is 19.7 Å². The average Bonchev–Trinajstić information content (AvgIpc) is 2.73. The largest absolute Gasteiger partial charge is 0.351 e. The van der Waals surface area contributed by atoms with Crippen molar-refractivity contribution in [1.29, 1.82) is 0 Å². The standard InChI is InChI=1S/C23H31N3O4/c1-7-10-11-19-20(22(27)14(4)15(5)25(19)6)23(28)24-21-16(8-2)12-18(26(29)30)13-17(21)9-3/h12-13H,7-11H2,1-6H3,(H,24,28). The van der Waals surface area contributed by atoms with Crippen LogP contribution in [0, 0.1) is 24.0 Å². The number of pyridine rings is 1. The number of nitro benzene ring substituents is 1. The molecule has 1 amide bonds. The Labute approximate surface area is 177 Å². The van der Waals surface area contributed by atoms with Crippen LogP contribution < -0.4 is 10.7 Å². The fourth-order valence-electron chi connectivity index (χ4n) is 3.72. The van der Waals surface area contributed by atoms with Crippen LogP contribution in [0.15, 0.2) is 16.9 Å². The Balaban J connectivity index is 2.63. The number of aryl methyl sites for hydroxylation is 2. The average molecular weight is 414 g/mol. The number of hydrogen-bond acceptors (Lipinski definition) is 4. The van der Waals surface area contributed by atoms with Crippen molar-refractivity contribution < 1.29 is 9.72 Å². The Morgan fingerprint density at radius 2 is 1.70 bits per heavy atom. The van der Waals surface area contributed by atoms with E-state index < -0.39 is 10.8 Å². The molecule has 2 rings (SSSR count). The summed E-state index contributed by atoms with van der Waals surface area (Å²) in [4.78, 5) is 37.2. The van der Waals surface area contributed by atoms with Crippen molar-refractivity contribution in [3.05, 3.63) is 66.1 Å². The van der Waals surface area contributed by atoms with Crippen molar-refractivity contribution in [2.45, 2.75) is 66.7 Å². The van der Waals surface area contributed by atoms with Crippen LogP contribution in [0.1, 0.15) is 72.0 Å². The number of unbranched alkanes of at least 4 members (excludes halogenated alkanes) is 1. The van der Waals surface area contributed by atoms with Crippen molar-refractivity contribution in [1.82, 2.24) is 4.57 Å². The first kappa shape index (κ1) is 23.3. The molecule has 1 heterocycles. The third-order valence-corrected chi connectivity index (χ3v) is 5.80. The van der Waals surface area contributed by atoms with E-state index in [1.165, 1.54) is 12.1 Å². The third-order valence-electron chi connectivity index (χ3n) is 5.80. The van der Waals surface area contributed by atoms with E-state index in [0.29, 0.717) is 41.6 Å². The molecule has 2 aromatic rings. The molecule has 162 valence electrons. The Kier molecular flexibility index (Phi) is 7.54. The second kappa shape index (κ2) is 9.69. The molecule has 0 saturated carbocycles. The van der Waals surface area contributed by atoms with Gasteiger partial charge in [-0.05, 0) is 50.7 Å². The highest BCUT2D eigenvalue weighted by Gasteiger charge is 2.23. The summed E-state index contributed by atoms with van der Waals surface area (Å²) in [5.41, 5.74) is 3.98. The van der Waals surface area contributed by atoms with Crippen molar-refractivity contribution in [2.75, 3.05) is 5.32 Å². The lowest BCUT2D eigenvalue weighted by molar-refractivity contribution is -0.385. The minimum atomic E-state index is -0.456. The van der Waals surface area contributed by atoms with Gasteiger partial charge in [0.15, 0.2) is 5.43 Å². The number of non-ortho nitro benzene ring substituents is 1. The van der Waals surface area contributed by atoms with Gasteiger partial charge in [-0.2, -0.15) is 0 Å². The number of nitrogens with zero attached hydrogens (tertiary/aromatic N) is 2. The van der Waals surface area contributed by atoms with Crippen molar-refractivity contribution in [3.8, 4) is 0 Å². The summed E-state index contributed by atoms with van der Waals surface area (Å²) in [6, 6.07) is 2.98. The second-order valence-corrected chi connectivity index (χ2v) is 7.58. The van der Waals surface area contributed by atoms with E-state index in [1.54, 1.807) is 6.92 Å². The number of nitro groups is 1. The molecule has 0 saturated heterocycles. The lowest BCUT2D eigenvalue weighted by atomic mass is 9.99. The minimum Gasteiger partial charge on any atom is -0.351 e. The lowest BCUT2D eigenvalue weighted by Crippen LogP contribution is -2.30. The predicted molar refractivity (Wildman–Crippen MR) is 120 cm³/mol. The summed E-state index contributed by atoms with van der Waals surface area (Å²) in [7, 11) is 1.88. The zero-order valence-electron chi connectivity index (χ0n) is 18.7. The number of anilines is 1.